The van der Waals surface area contributed by atoms with Crippen molar-refractivity contribution in [3.8, 4) is 0 Å². The highest BCUT2D eigenvalue weighted by molar-refractivity contribution is 7.99. The van der Waals surface area contributed by atoms with E-state index in [2.05, 4.69) is 56.7 Å². The Balaban J connectivity index is 1.30. The number of esters is 2. The van der Waals surface area contributed by atoms with Crippen LogP contribution in [0, 0.1) is 20.8 Å². The Morgan fingerprint density at radius 2 is 1.66 bits per heavy atom. The smallest absolute Gasteiger partial charge is 0.340 e. The fourth-order valence-electron chi connectivity index (χ4n) is 9.48. The van der Waals surface area contributed by atoms with E-state index < -0.39 is 42.4 Å². The summed E-state index contributed by atoms with van der Waals surface area (Å²) in [6, 6.07) is 6.31. The van der Waals surface area contributed by atoms with Gasteiger partial charge >= 0.3 is 11.9 Å². The first kappa shape index (κ1) is 44.9. The first-order chi connectivity index (χ1) is 29.1. The number of hydrogen-bond acceptors (Lipinski definition) is 13. The topological polar surface area (TPSA) is 209 Å². The number of H-pyrrole nitrogens is 2. The van der Waals surface area contributed by atoms with Crippen LogP contribution in [0.2, 0.25) is 0 Å². The number of methoxy groups -OCH3 is 2. The van der Waals surface area contributed by atoms with E-state index in [4.69, 9.17) is 28.9 Å². The Kier molecular flexibility index (Phi) is 13.2. The van der Waals surface area contributed by atoms with Crippen LogP contribution in [0.1, 0.15) is 116 Å². The third-order valence-corrected chi connectivity index (χ3v) is 14.6. The molecule has 1 aliphatic carbocycles. The van der Waals surface area contributed by atoms with Crippen molar-refractivity contribution >= 4 is 56.9 Å². The van der Waals surface area contributed by atoms with E-state index in [0.29, 0.717) is 47.7 Å². The van der Waals surface area contributed by atoms with Crippen LogP contribution in [-0.4, -0.2) is 121 Å². The zero-order valence-electron chi connectivity index (χ0n) is 36.5. The highest BCUT2D eigenvalue weighted by Crippen LogP contribution is 2.54. The maximum absolute atomic E-state index is 13.4. The van der Waals surface area contributed by atoms with Gasteiger partial charge in [-0.25, -0.2) is 9.78 Å². The number of carbonyl (C=O) groups is 2. The normalized spacial score (nSPS) is 27.4. The Morgan fingerprint density at radius 3 is 2.34 bits per heavy atom. The first-order valence-corrected chi connectivity index (χ1v) is 22.3. The molecule has 4 aliphatic rings. The third kappa shape index (κ3) is 8.30. The fourth-order valence-corrected chi connectivity index (χ4v) is 10.6. The van der Waals surface area contributed by atoms with Gasteiger partial charge < -0.3 is 49.3 Å². The van der Waals surface area contributed by atoms with Gasteiger partial charge in [-0.2, -0.15) is 0 Å². The van der Waals surface area contributed by atoms with Gasteiger partial charge in [0.25, 0.3) is 0 Å². The van der Waals surface area contributed by atoms with Gasteiger partial charge in [-0.05, 0) is 111 Å². The largest absolute Gasteiger partial charge is 0.469 e. The summed E-state index contributed by atoms with van der Waals surface area (Å²) >= 11 is 1.33. The van der Waals surface area contributed by atoms with Gasteiger partial charge in [-0.1, -0.05) is 20.8 Å². The Bertz CT molecular complexity index is 2390. The molecule has 0 spiro atoms. The molecule has 61 heavy (non-hydrogen) atoms. The lowest BCUT2D eigenvalue weighted by atomic mass is 9.85. The second-order valence-corrected chi connectivity index (χ2v) is 18.3. The van der Waals surface area contributed by atoms with Crippen LogP contribution in [0.3, 0.4) is 0 Å². The molecular formula is C46H60N4O10S. The molecule has 14 nitrogen and oxygen atoms in total. The number of hydrogen-bond donors (Lipinski definition) is 6. The molecule has 3 aromatic rings. The van der Waals surface area contributed by atoms with Gasteiger partial charge in [0.1, 0.15) is 29.9 Å². The number of aromatic amines is 2. The molecule has 9 atom stereocenters. The number of carbonyl (C=O) groups excluding carboxylic acids is 2. The first-order valence-electron chi connectivity index (χ1n) is 21.2. The van der Waals surface area contributed by atoms with E-state index in [1.54, 1.807) is 0 Å². The van der Waals surface area contributed by atoms with Gasteiger partial charge in [0.15, 0.2) is 0 Å². The number of aromatic nitrogens is 4. The molecule has 8 bridgehead atoms. The molecule has 3 aliphatic heterocycles. The summed E-state index contributed by atoms with van der Waals surface area (Å²) in [5, 5.41) is 40.3. The molecule has 15 heteroatoms. The number of aryl methyl sites for hydroxylation is 3. The van der Waals surface area contributed by atoms with E-state index in [0.717, 1.165) is 68.6 Å². The summed E-state index contributed by atoms with van der Waals surface area (Å²) in [6.45, 7) is 14.6. The quantitative estimate of drug-likeness (QED) is 0.0900. The Labute approximate surface area is 360 Å². The van der Waals surface area contributed by atoms with Crippen LogP contribution < -0.4 is 0 Å². The van der Waals surface area contributed by atoms with Gasteiger partial charge in [0.05, 0.1) is 43.9 Å². The molecule has 6 heterocycles. The highest BCUT2D eigenvalue weighted by atomic mass is 32.2. The van der Waals surface area contributed by atoms with Crippen LogP contribution in [0.25, 0.3) is 33.2 Å². The number of fused-ring (bicyclic) bond motifs is 8. The average molecular weight is 861 g/mol. The van der Waals surface area contributed by atoms with Crippen molar-refractivity contribution < 1.29 is 49.0 Å². The summed E-state index contributed by atoms with van der Waals surface area (Å²) < 4.78 is 22.5. The van der Waals surface area contributed by atoms with Gasteiger partial charge in [0, 0.05) is 63.7 Å². The summed E-state index contributed by atoms with van der Waals surface area (Å²) in [5.74, 6) is -0.397. The van der Waals surface area contributed by atoms with Crippen LogP contribution in [0.4, 0.5) is 0 Å². The minimum Gasteiger partial charge on any atom is -0.469 e. The van der Waals surface area contributed by atoms with Crippen molar-refractivity contribution in [2.75, 3.05) is 33.2 Å². The van der Waals surface area contributed by atoms with E-state index in [-0.39, 0.29) is 35.7 Å². The van der Waals surface area contributed by atoms with Gasteiger partial charge in [-0.3, -0.25) is 9.78 Å². The van der Waals surface area contributed by atoms with E-state index >= 15 is 0 Å². The molecule has 2 unspecified atom stereocenters. The maximum Gasteiger partial charge on any atom is 0.340 e. The van der Waals surface area contributed by atoms with E-state index in [9.17, 15) is 30.0 Å². The van der Waals surface area contributed by atoms with E-state index in [1.165, 1.54) is 31.5 Å². The fraction of sp³-hybridized carbons (Fsp3) is 0.565. The highest BCUT2D eigenvalue weighted by Gasteiger charge is 2.54. The summed E-state index contributed by atoms with van der Waals surface area (Å²) in [6.07, 6.45) is -2.05. The molecule has 3 aromatic heterocycles. The van der Waals surface area contributed by atoms with Crippen molar-refractivity contribution in [1.29, 1.82) is 0 Å². The molecule has 0 aromatic carbocycles. The SMILES string of the molecule is CCc1c(C)c2cc3[nH]c(cc4nc(c(C)c5nc(cc1[nH]2)C(C)=C5C(=O)OC)[C@@H](CCC(=O)OC)[C@@H]4C)c(C)c3C1(C)CC1OCCCS[C@@H]1O[C@H](CO)[C@@H](O)[C@H](O)[C@H]1O. The third-order valence-electron chi connectivity index (χ3n) is 13.4. The summed E-state index contributed by atoms with van der Waals surface area (Å²) in [4.78, 5) is 43.8. The van der Waals surface area contributed by atoms with Crippen LogP contribution in [0.5, 0.6) is 0 Å². The summed E-state index contributed by atoms with van der Waals surface area (Å²) in [7, 11) is 2.77. The Morgan fingerprint density at radius 1 is 0.934 bits per heavy atom. The van der Waals surface area contributed by atoms with Gasteiger partial charge in [0.2, 0.25) is 0 Å². The van der Waals surface area contributed by atoms with Crippen LogP contribution >= 0.6 is 11.8 Å². The van der Waals surface area contributed by atoms with Crippen molar-refractivity contribution in [1.82, 2.24) is 19.9 Å². The number of aliphatic hydroxyl groups excluding tert-OH is 4. The van der Waals surface area contributed by atoms with Crippen molar-refractivity contribution in [3.63, 3.8) is 0 Å². The second kappa shape index (κ2) is 17.9. The predicted molar refractivity (Wildman–Crippen MR) is 234 cm³/mol. The molecule has 7 rings (SSSR count). The number of allylic oxidation sites excluding steroid dienone is 1. The minimum absolute atomic E-state index is 0.0415. The molecule has 1 saturated heterocycles. The zero-order chi connectivity index (χ0) is 44.1. The molecule has 6 N–H and O–H groups in total. The molecule has 1 saturated carbocycles. The molecule has 0 radical (unpaired) electrons. The molecule has 0 amide bonds. The standard InChI is InChI=1S/C46H60N4O10S/c1-10-26-21(2)28-18-33-38(46(7)19-35(46)59-14-11-15-61-45-43(55)42(54)41(53)34(20-51)60-45)24(5)31(48-33)16-29-22(3)27(12-13-36(52)57-8)39(49-29)25(6)40-37(44(56)58-9)23(4)30(50-40)17-32(26)47-28/h16-18,22,27,34-35,41-43,45,47-48,51,53-55H,10-15,19-20H2,1-9H3/t22-,27-,34+,35?,41+,42-,43+,45-,46?/m0/s1. The van der Waals surface area contributed by atoms with Crippen LogP contribution in [-0.2, 0) is 40.4 Å². The lowest BCUT2D eigenvalue weighted by molar-refractivity contribution is -0.205. The molecule has 330 valence electrons. The molecule has 2 fully saturated rings. The monoisotopic (exact) mass is 860 g/mol. The number of nitrogens with one attached hydrogen (secondary N) is 2. The number of ether oxygens (including phenoxy) is 4. The van der Waals surface area contributed by atoms with E-state index in [1.807, 2.05) is 19.9 Å². The zero-order valence-corrected chi connectivity index (χ0v) is 37.4. The number of aliphatic hydroxyl groups is 4. The summed E-state index contributed by atoms with van der Waals surface area (Å²) in [5.41, 5.74) is 11.9. The van der Waals surface area contributed by atoms with Crippen molar-refractivity contribution in [2.45, 2.75) is 134 Å². The average Bonchev–Trinajstić information content (AvgIpc) is 3.47. The second-order valence-electron chi connectivity index (χ2n) is 17.1. The maximum atomic E-state index is 13.4. The van der Waals surface area contributed by atoms with Gasteiger partial charge in [-0.15, -0.1) is 11.8 Å². The number of thioether (sulfide) groups is 1. The number of nitrogens with zero attached hydrogens (tertiary/aromatic N) is 2. The lowest BCUT2D eigenvalue weighted by Gasteiger charge is -2.39. The van der Waals surface area contributed by atoms with Crippen molar-refractivity contribution in [3.05, 3.63) is 68.8 Å². The van der Waals surface area contributed by atoms with Crippen LogP contribution in [0.15, 0.2) is 18.2 Å². The lowest BCUT2D eigenvalue weighted by Crippen LogP contribution is -2.57. The van der Waals surface area contributed by atoms with Crippen molar-refractivity contribution in [2.24, 2.45) is 0 Å². The Hall–Kier alpha value is -4.09. The minimum atomic E-state index is -1.40. The predicted octanol–water partition coefficient (Wildman–Crippen LogP) is 5.72. The number of rotatable bonds is 13. The molecular weight excluding hydrogens is 801 g/mol.